The predicted octanol–water partition coefficient (Wildman–Crippen LogP) is 0.465. The van der Waals surface area contributed by atoms with Crippen molar-refractivity contribution in [3.05, 3.63) is 23.3 Å². The zero-order valence-corrected chi connectivity index (χ0v) is 16.9. The number of fused-ring (bicyclic) bond motifs is 1. The van der Waals surface area contributed by atoms with E-state index in [-0.39, 0.29) is 29.1 Å². The second kappa shape index (κ2) is 8.12. The van der Waals surface area contributed by atoms with Crippen LogP contribution in [0.5, 0.6) is 11.5 Å². The zero-order valence-electron chi connectivity index (χ0n) is 16.0. The number of likely N-dealkylation sites (tertiary alicyclic amines) is 1. The molecule has 28 heavy (non-hydrogen) atoms. The Hall–Kier alpha value is -1.46. The fraction of sp³-hybridized carbons (Fsp3) is 0.611. The van der Waals surface area contributed by atoms with E-state index in [1.165, 1.54) is 0 Å². The maximum absolute atomic E-state index is 11.8. The summed E-state index contributed by atoms with van der Waals surface area (Å²) in [5.41, 5.74) is 6.46. The molecule has 8 nitrogen and oxygen atoms in total. The first-order valence-electron chi connectivity index (χ1n) is 9.37. The van der Waals surface area contributed by atoms with Crippen molar-refractivity contribution < 1.29 is 29.4 Å². The summed E-state index contributed by atoms with van der Waals surface area (Å²) in [6.07, 6.45) is -0.0505. The van der Waals surface area contributed by atoms with E-state index in [9.17, 15) is 20.0 Å². The van der Waals surface area contributed by atoms with Gasteiger partial charge in [-0.1, -0.05) is 19.9 Å². The lowest BCUT2D eigenvalue weighted by Gasteiger charge is -2.46. The highest BCUT2D eigenvalue weighted by Gasteiger charge is 2.41. The fourth-order valence-electron chi connectivity index (χ4n) is 3.68. The molecule has 0 amide bonds. The highest BCUT2D eigenvalue weighted by Crippen LogP contribution is 2.38. The van der Waals surface area contributed by atoms with Crippen molar-refractivity contribution in [3.8, 4) is 11.5 Å². The van der Waals surface area contributed by atoms with Crippen LogP contribution in [0.4, 0.5) is 0 Å². The quantitative estimate of drug-likeness (QED) is 0.325. The molecule has 0 bridgehead atoms. The van der Waals surface area contributed by atoms with Crippen molar-refractivity contribution >= 4 is 25.7 Å². The van der Waals surface area contributed by atoms with Gasteiger partial charge >= 0.3 is 13.1 Å². The molecule has 2 aliphatic rings. The van der Waals surface area contributed by atoms with E-state index in [1.54, 1.807) is 12.1 Å². The first-order valence-corrected chi connectivity index (χ1v) is 9.81. The van der Waals surface area contributed by atoms with Crippen molar-refractivity contribution in [1.82, 2.24) is 4.90 Å². The Balaban J connectivity index is 1.69. The van der Waals surface area contributed by atoms with Gasteiger partial charge in [0.05, 0.1) is 0 Å². The average molecular weight is 410 g/mol. The molecule has 0 aliphatic carbocycles. The van der Waals surface area contributed by atoms with E-state index in [2.05, 4.69) is 12.6 Å². The van der Waals surface area contributed by atoms with Crippen molar-refractivity contribution in [2.24, 2.45) is 11.7 Å². The first kappa shape index (κ1) is 21.3. The molecule has 1 unspecified atom stereocenters. The van der Waals surface area contributed by atoms with E-state index in [0.717, 1.165) is 5.56 Å². The predicted molar refractivity (Wildman–Crippen MR) is 108 cm³/mol. The topological polar surface area (TPSA) is 125 Å². The third kappa shape index (κ3) is 4.26. The molecule has 1 aromatic rings. The fourth-order valence-corrected chi connectivity index (χ4v) is 3.92. The molecule has 0 spiro atoms. The summed E-state index contributed by atoms with van der Waals surface area (Å²) < 4.78 is 10.8. The Morgan fingerprint density at radius 2 is 2.18 bits per heavy atom. The number of rotatable bonds is 7. The Morgan fingerprint density at radius 1 is 1.50 bits per heavy atom. The van der Waals surface area contributed by atoms with E-state index in [0.29, 0.717) is 32.4 Å². The number of hydrogen-bond donors (Lipinski definition) is 5. The Kier molecular flexibility index (Phi) is 6.16. The molecule has 154 valence electrons. The highest BCUT2D eigenvalue weighted by atomic mass is 32.1. The standard InChI is InChI=1S/C18H27BN2O6S/c1-18(2,28)12(7-20)16(22)21-8-11(9-21)26-13-4-3-10-5-6-19(25)27-15(10)14(13)17(23)24/h3-4,11-12,16,22,25,28H,5-9,20H2,1-2H3,(H,23,24)/t12-,16?/m0/s1. The molecule has 1 aromatic carbocycles. The number of aliphatic hydroxyl groups is 1. The van der Waals surface area contributed by atoms with Gasteiger partial charge in [0.25, 0.3) is 0 Å². The third-order valence-electron chi connectivity index (χ3n) is 5.39. The van der Waals surface area contributed by atoms with E-state index in [1.807, 2.05) is 18.7 Å². The van der Waals surface area contributed by atoms with Gasteiger partial charge in [0.15, 0.2) is 0 Å². The van der Waals surface area contributed by atoms with Crippen LogP contribution in [0.25, 0.3) is 0 Å². The maximum Gasteiger partial charge on any atom is 0.522 e. The Bertz CT molecular complexity index is 738. The van der Waals surface area contributed by atoms with Gasteiger partial charge < -0.3 is 30.4 Å². The lowest BCUT2D eigenvalue weighted by atomic mass is 9.78. The lowest BCUT2D eigenvalue weighted by Crippen LogP contribution is -2.62. The molecule has 0 radical (unpaired) electrons. The van der Waals surface area contributed by atoms with Crippen molar-refractivity contribution in [2.75, 3.05) is 19.6 Å². The van der Waals surface area contributed by atoms with Crippen LogP contribution in [0.3, 0.4) is 0 Å². The summed E-state index contributed by atoms with van der Waals surface area (Å²) in [4.78, 5) is 13.6. The number of ether oxygens (including phenoxy) is 1. The van der Waals surface area contributed by atoms with Gasteiger partial charge in [-0.25, -0.2) is 4.79 Å². The van der Waals surface area contributed by atoms with Crippen molar-refractivity contribution in [1.29, 1.82) is 0 Å². The molecule has 2 atom stereocenters. The molecule has 10 heteroatoms. The molecule has 1 saturated heterocycles. The number of aryl methyl sites for hydroxylation is 1. The minimum Gasteiger partial charge on any atom is -0.535 e. The Labute approximate surface area is 170 Å². The van der Waals surface area contributed by atoms with Crippen molar-refractivity contribution in [3.63, 3.8) is 0 Å². The van der Waals surface area contributed by atoms with Crippen LogP contribution in [0, 0.1) is 5.92 Å². The molecule has 2 heterocycles. The van der Waals surface area contributed by atoms with E-state index < -0.39 is 24.1 Å². The van der Waals surface area contributed by atoms with Gasteiger partial charge in [0.1, 0.15) is 29.4 Å². The van der Waals surface area contributed by atoms with E-state index in [4.69, 9.17) is 15.1 Å². The summed E-state index contributed by atoms with van der Waals surface area (Å²) in [6.45, 7) is 5.01. The van der Waals surface area contributed by atoms with Crippen LogP contribution in [0.1, 0.15) is 29.8 Å². The minimum absolute atomic E-state index is 0.0772. The molecule has 1 fully saturated rings. The SMILES string of the molecule is CC(C)(S)[C@@H](CN)C(O)N1CC(Oc2ccc3c(c2C(=O)O)OB(O)CC3)C1. The highest BCUT2D eigenvalue weighted by molar-refractivity contribution is 7.81. The summed E-state index contributed by atoms with van der Waals surface area (Å²) in [5.74, 6) is -1.02. The van der Waals surface area contributed by atoms with Crippen LogP contribution in [-0.4, -0.2) is 69.9 Å². The van der Waals surface area contributed by atoms with Crippen molar-refractivity contribution in [2.45, 2.75) is 43.7 Å². The monoisotopic (exact) mass is 410 g/mol. The molecule has 3 rings (SSSR count). The summed E-state index contributed by atoms with van der Waals surface area (Å²) in [5, 5.41) is 29.9. The first-order chi connectivity index (χ1) is 13.1. The van der Waals surface area contributed by atoms with Gasteiger partial charge in [-0.3, -0.25) is 4.90 Å². The smallest absolute Gasteiger partial charge is 0.522 e. The number of aliphatic hydroxyl groups excluding tert-OH is 1. The third-order valence-corrected chi connectivity index (χ3v) is 5.73. The number of benzene rings is 1. The van der Waals surface area contributed by atoms with Gasteiger partial charge in [0, 0.05) is 30.3 Å². The summed E-state index contributed by atoms with van der Waals surface area (Å²) in [6, 6.07) is 3.39. The number of carbonyl (C=O) groups is 1. The largest absolute Gasteiger partial charge is 0.535 e. The number of aromatic carboxylic acids is 1. The van der Waals surface area contributed by atoms with Crippen LogP contribution in [0.2, 0.25) is 6.32 Å². The number of carboxylic acids is 1. The van der Waals surface area contributed by atoms with Crippen LogP contribution in [0.15, 0.2) is 12.1 Å². The van der Waals surface area contributed by atoms with Gasteiger partial charge in [-0.05, 0) is 24.4 Å². The van der Waals surface area contributed by atoms with Crippen LogP contribution >= 0.6 is 12.6 Å². The van der Waals surface area contributed by atoms with Gasteiger partial charge in [-0.2, -0.15) is 12.6 Å². The average Bonchev–Trinajstić information content (AvgIpc) is 2.55. The normalized spacial score (nSPS) is 20.0. The number of thiol groups is 1. The number of nitrogens with two attached hydrogens (primary N) is 1. The van der Waals surface area contributed by atoms with Gasteiger partial charge in [-0.15, -0.1) is 0 Å². The maximum atomic E-state index is 11.8. The summed E-state index contributed by atoms with van der Waals surface area (Å²) in [7, 11) is -1.02. The number of carboxylic acid groups (broad SMARTS) is 1. The molecular weight excluding hydrogens is 383 g/mol. The zero-order chi connectivity index (χ0) is 20.6. The minimum atomic E-state index is -1.17. The molecule has 5 N–H and O–H groups in total. The van der Waals surface area contributed by atoms with Crippen LogP contribution in [-0.2, 0) is 6.42 Å². The number of hydrogen-bond acceptors (Lipinski definition) is 8. The second-order valence-corrected chi connectivity index (χ2v) is 9.10. The van der Waals surface area contributed by atoms with Crippen LogP contribution < -0.4 is 15.1 Å². The lowest BCUT2D eigenvalue weighted by molar-refractivity contribution is -0.118. The molecule has 2 aliphatic heterocycles. The molecular formula is C18H27BN2O6S. The Morgan fingerprint density at radius 3 is 2.75 bits per heavy atom. The molecule has 0 aromatic heterocycles. The summed E-state index contributed by atoms with van der Waals surface area (Å²) >= 11 is 4.52. The second-order valence-electron chi connectivity index (χ2n) is 7.95. The number of nitrogens with zero attached hydrogens (tertiary/aromatic N) is 1. The molecule has 0 saturated carbocycles. The van der Waals surface area contributed by atoms with E-state index >= 15 is 0 Å². The van der Waals surface area contributed by atoms with Gasteiger partial charge in [0.2, 0.25) is 0 Å².